The summed E-state index contributed by atoms with van der Waals surface area (Å²) in [4.78, 5) is 2.04. The number of halogens is 3. The molecule has 0 amide bonds. The highest BCUT2D eigenvalue weighted by molar-refractivity contribution is 9.11. The van der Waals surface area contributed by atoms with E-state index in [0.717, 1.165) is 41.6 Å². The quantitative estimate of drug-likeness (QED) is 0.478. The van der Waals surface area contributed by atoms with Gasteiger partial charge >= 0.3 is 0 Å². The summed E-state index contributed by atoms with van der Waals surface area (Å²) in [5.74, 6) is 0. The zero-order chi connectivity index (χ0) is 17.9. The maximum absolute atomic E-state index is 5.89. The Morgan fingerprint density at radius 3 is 1.83 bits per heavy atom. The molecule has 0 saturated heterocycles. The topological polar surface area (TPSA) is 55.3 Å². The molecule has 0 fully saturated rings. The largest absolute Gasteiger partial charge is 0.399 e. The van der Waals surface area contributed by atoms with Crippen molar-refractivity contribution in [2.45, 2.75) is 20.8 Å². The van der Waals surface area contributed by atoms with E-state index in [4.69, 9.17) is 11.5 Å². The molecular formula is C17H22Br3N3. The number of hydrogen-bond acceptors (Lipinski definition) is 3. The van der Waals surface area contributed by atoms with Gasteiger partial charge in [-0.15, -0.1) is 0 Å². The van der Waals surface area contributed by atoms with Crippen LogP contribution in [0.25, 0.3) is 0 Å². The maximum atomic E-state index is 5.89. The van der Waals surface area contributed by atoms with Crippen LogP contribution in [-0.2, 0) is 0 Å². The van der Waals surface area contributed by atoms with E-state index in [0.29, 0.717) is 0 Å². The minimum atomic E-state index is 0.798. The van der Waals surface area contributed by atoms with Crippen molar-refractivity contribution < 1.29 is 0 Å². The number of rotatable bonds is 1. The predicted octanol–water partition coefficient (Wildman–Crippen LogP) is 5.82. The third-order valence-corrected chi connectivity index (χ3v) is 5.83. The Balaban J connectivity index is 0.000000238. The van der Waals surface area contributed by atoms with E-state index in [2.05, 4.69) is 54.7 Å². The monoisotopic (exact) mass is 505 g/mol. The molecule has 2 aromatic carbocycles. The second-order valence-corrected chi connectivity index (χ2v) is 8.07. The third kappa shape index (κ3) is 4.88. The summed E-state index contributed by atoms with van der Waals surface area (Å²) in [6, 6.07) is 5.85. The molecule has 23 heavy (non-hydrogen) atoms. The SMILES string of the molecule is Cc1c(N)c(Br)cc(Br)c1N(C)C.Cc1c(N)ccc(Br)c1C. The van der Waals surface area contributed by atoms with Crippen LogP contribution in [0.15, 0.2) is 31.6 Å². The molecule has 0 heterocycles. The molecule has 0 saturated carbocycles. The van der Waals surface area contributed by atoms with Crippen molar-refractivity contribution in [2.75, 3.05) is 30.5 Å². The normalized spacial score (nSPS) is 10.1. The van der Waals surface area contributed by atoms with Crippen molar-refractivity contribution in [3.63, 3.8) is 0 Å². The first-order chi connectivity index (χ1) is 10.6. The Kier molecular flexibility index (Phi) is 7.42. The van der Waals surface area contributed by atoms with Gasteiger partial charge in [0.25, 0.3) is 0 Å². The Morgan fingerprint density at radius 1 is 0.783 bits per heavy atom. The summed E-state index contributed by atoms with van der Waals surface area (Å²) in [5.41, 5.74) is 17.8. The van der Waals surface area contributed by atoms with E-state index in [-0.39, 0.29) is 0 Å². The summed E-state index contributed by atoms with van der Waals surface area (Å²) >= 11 is 10.3. The second-order valence-electron chi connectivity index (χ2n) is 5.51. The van der Waals surface area contributed by atoms with Gasteiger partial charge in [0.15, 0.2) is 0 Å². The molecule has 0 aliphatic carbocycles. The molecule has 0 spiro atoms. The highest BCUT2D eigenvalue weighted by Crippen LogP contribution is 2.37. The Morgan fingerprint density at radius 2 is 1.35 bits per heavy atom. The van der Waals surface area contributed by atoms with Crippen molar-refractivity contribution in [1.29, 1.82) is 0 Å². The number of anilines is 3. The van der Waals surface area contributed by atoms with E-state index >= 15 is 0 Å². The summed E-state index contributed by atoms with van der Waals surface area (Å²) < 4.78 is 3.11. The Labute approximate surface area is 163 Å². The number of nitrogens with zero attached hydrogens (tertiary/aromatic N) is 1. The molecule has 3 nitrogen and oxygen atoms in total. The molecule has 0 aromatic heterocycles. The van der Waals surface area contributed by atoms with Gasteiger partial charge < -0.3 is 16.4 Å². The van der Waals surface area contributed by atoms with Gasteiger partial charge in [-0.25, -0.2) is 0 Å². The van der Waals surface area contributed by atoms with Gasteiger partial charge in [0.2, 0.25) is 0 Å². The van der Waals surface area contributed by atoms with Crippen molar-refractivity contribution in [3.8, 4) is 0 Å². The first-order valence-corrected chi connectivity index (χ1v) is 9.38. The van der Waals surface area contributed by atoms with Gasteiger partial charge in [-0.05, 0) is 87.5 Å². The lowest BCUT2D eigenvalue weighted by molar-refractivity contribution is 1.11. The van der Waals surface area contributed by atoms with Crippen LogP contribution in [0.2, 0.25) is 0 Å². The zero-order valence-corrected chi connectivity index (χ0v) is 18.7. The fraction of sp³-hybridized carbons (Fsp3) is 0.294. The lowest BCUT2D eigenvalue weighted by Crippen LogP contribution is -2.12. The lowest BCUT2D eigenvalue weighted by Gasteiger charge is -2.19. The Bertz CT molecular complexity index is 686. The van der Waals surface area contributed by atoms with Crippen LogP contribution in [0.1, 0.15) is 16.7 Å². The van der Waals surface area contributed by atoms with Gasteiger partial charge in [-0.2, -0.15) is 0 Å². The van der Waals surface area contributed by atoms with Crippen LogP contribution in [0.5, 0.6) is 0 Å². The summed E-state index contributed by atoms with van der Waals surface area (Å²) in [7, 11) is 4.00. The molecule has 126 valence electrons. The predicted molar refractivity (Wildman–Crippen MR) is 113 cm³/mol. The van der Waals surface area contributed by atoms with Crippen LogP contribution in [0.4, 0.5) is 17.1 Å². The van der Waals surface area contributed by atoms with Gasteiger partial charge in [0, 0.05) is 33.2 Å². The van der Waals surface area contributed by atoms with Gasteiger partial charge in [-0.3, -0.25) is 0 Å². The Hall–Kier alpha value is -0.720. The van der Waals surface area contributed by atoms with E-state index in [9.17, 15) is 0 Å². The molecule has 0 bridgehead atoms. The van der Waals surface area contributed by atoms with Gasteiger partial charge in [-0.1, -0.05) is 15.9 Å². The van der Waals surface area contributed by atoms with Crippen LogP contribution in [0.3, 0.4) is 0 Å². The fourth-order valence-corrected chi connectivity index (χ4v) is 4.24. The van der Waals surface area contributed by atoms with Gasteiger partial charge in [0.05, 0.1) is 11.4 Å². The smallest absolute Gasteiger partial charge is 0.0556 e. The minimum absolute atomic E-state index is 0.798. The average molecular weight is 508 g/mol. The van der Waals surface area contributed by atoms with E-state index in [1.54, 1.807) is 0 Å². The van der Waals surface area contributed by atoms with Crippen molar-refractivity contribution in [2.24, 2.45) is 0 Å². The van der Waals surface area contributed by atoms with Crippen LogP contribution in [0, 0.1) is 20.8 Å². The van der Waals surface area contributed by atoms with Gasteiger partial charge in [0.1, 0.15) is 0 Å². The molecule has 0 atom stereocenters. The van der Waals surface area contributed by atoms with Crippen LogP contribution < -0.4 is 16.4 Å². The molecular weight excluding hydrogens is 486 g/mol. The molecule has 4 N–H and O–H groups in total. The van der Waals surface area contributed by atoms with Crippen LogP contribution >= 0.6 is 47.8 Å². The highest BCUT2D eigenvalue weighted by atomic mass is 79.9. The number of benzene rings is 2. The highest BCUT2D eigenvalue weighted by Gasteiger charge is 2.11. The van der Waals surface area contributed by atoms with Crippen LogP contribution in [-0.4, -0.2) is 14.1 Å². The summed E-state index contributed by atoms with van der Waals surface area (Å²) in [6.07, 6.45) is 0. The molecule has 2 rings (SSSR count). The number of nitrogens with two attached hydrogens (primary N) is 2. The maximum Gasteiger partial charge on any atom is 0.0556 e. The molecule has 0 unspecified atom stereocenters. The molecule has 6 heteroatoms. The van der Waals surface area contributed by atoms with Crippen molar-refractivity contribution >= 4 is 64.9 Å². The average Bonchev–Trinajstić information content (AvgIpc) is 2.47. The number of nitrogen functional groups attached to an aromatic ring is 2. The lowest BCUT2D eigenvalue weighted by atomic mass is 10.1. The molecule has 0 aliphatic rings. The summed E-state index contributed by atoms with van der Waals surface area (Å²) in [5, 5.41) is 0. The second kappa shape index (κ2) is 8.40. The molecule has 0 aliphatic heterocycles. The first-order valence-electron chi connectivity index (χ1n) is 7.00. The molecule has 2 aromatic rings. The third-order valence-electron chi connectivity index (χ3n) is 3.71. The fourth-order valence-electron chi connectivity index (χ4n) is 2.10. The van der Waals surface area contributed by atoms with Crippen molar-refractivity contribution in [3.05, 3.63) is 48.3 Å². The van der Waals surface area contributed by atoms with E-state index in [1.165, 1.54) is 5.56 Å². The number of hydrogen-bond donors (Lipinski definition) is 2. The zero-order valence-electron chi connectivity index (χ0n) is 14.0. The minimum Gasteiger partial charge on any atom is -0.399 e. The standard InChI is InChI=1S/C9H12Br2N2.C8H10BrN/c1-5-8(12)6(10)4-7(11)9(5)13(2)3;1-5-6(2)8(10)4-3-7(5)9/h4H,12H2,1-3H3;3-4H,10H2,1-2H3. The van der Waals surface area contributed by atoms with E-state index in [1.807, 2.05) is 51.0 Å². The summed E-state index contributed by atoms with van der Waals surface area (Å²) in [6.45, 7) is 6.09. The first kappa shape index (κ1) is 20.3. The van der Waals surface area contributed by atoms with E-state index < -0.39 is 0 Å². The van der Waals surface area contributed by atoms with Crippen molar-refractivity contribution in [1.82, 2.24) is 0 Å². The molecule has 0 radical (unpaired) electrons.